The van der Waals surface area contributed by atoms with Gasteiger partial charge in [0.1, 0.15) is 17.0 Å². The molecule has 1 aliphatic heterocycles. The second-order valence-corrected chi connectivity index (χ2v) is 8.23. The lowest BCUT2D eigenvalue weighted by molar-refractivity contribution is 0.726. The Labute approximate surface area is 169 Å². The summed E-state index contributed by atoms with van der Waals surface area (Å²) < 4.78 is 0. The van der Waals surface area contributed by atoms with Crippen molar-refractivity contribution in [2.45, 2.75) is 25.7 Å². The Hall–Kier alpha value is -2.72. The third-order valence-corrected chi connectivity index (χ3v) is 6.45. The predicted molar refractivity (Wildman–Crippen MR) is 119 cm³/mol. The molecule has 5 rings (SSSR count). The molecule has 0 atom stereocenters. The van der Waals surface area contributed by atoms with E-state index in [1.54, 1.807) is 17.7 Å². The smallest absolute Gasteiger partial charge is 0.141 e. The molecule has 0 unspecified atom stereocenters. The van der Waals surface area contributed by atoms with Gasteiger partial charge in [-0.05, 0) is 29.5 Å². The summed E-state index contributed by atoms with van der Waals surface area (Å²) in [6.45, 7) is 2.18. The molecule has 2 aromatic carbocycles. The summed E-state index contributed by atoms with van der Waals surface area (Å²) in [6, 6.07) is 19.4. The van der Waals surface area contributed by atoms with Gasteiger partial charge in [-0.15, -0.1) is 11.3 Å². The van der Waals surface area contributed by atoms with Crippen LogP contribution in [0, 0.1) is 0 Å². The number of fused-ring (bicyclic) bond motifs is 1. The molecule has 1 fully saturated rings. The lowest BCUT2D eigenvalue weighted by atomic mass is 10.0. The Morgan fingerprint density at radius 2 is 1.39 bits per heavy atom. The number of benzene rings is 2. The maximum Gasteiger partial charge on any atom is 0.141 e. The van der Waals surface area contributed by atoms with Crippen LogP contribution in [0.3, 0.4) is 0 Å². The van der Waals surface area contributed by atoms with E-state index in [4.69, 9.17) is 4.98 Å². The van der Waals surface area contributed by atoms with Crippen LogP contribution in [0.2, 0.25) is 0 Å². The van der Waals surface area contributed by atoms with Gasteiger partial charge in [-0.1, -0.05) is 67.4 Å². The largest absolute Gasteiger partial charge is 0.356 e. The van der Waals surface area contributed by atoms with Crippen molar-refractivity contribution in [2.24, 2.45) is 0 Å². The summed E-state index contributed by atoms with van der Waals surface area (Å²) in [7, 11) is 0. The summed E-state index contributed by atoms with van der Waals surface area (Å²) in [4.78, 5) is 12.8. The molecule has 0 N–H and O–H groups in total. The predicted octanol–water partition coefficient (Wildman–Crippen LogP) is 6.41. The van der Waals surface area contributed by atoms with Crippen LogP contribution in [0.15, 0.2) is 66.3 Å². The van der Waals surface area contributed by atoms with Crippen LogP contribution in [0.1, 0.15) is 25.7 Å². The number of rotatable bonds is 3. The minimum Gasteiger partial charge on any atom is -0.356 e. The van der Waals surface area contributed by atoms with E-state index in [9.17, 15) is 0 Å². The van der Waals surface area contributed by atoms with Crippen LogP contribution in [0.4, 0.5) is 5.82 Å². The summed E-state index contributed by atoms with van der Waals surface area (Å²) in [5, 5.41) is 3.44. The monoisotopic (exact) mass is 385 g/mol. The molecule has 0 bridgehead atoms. The Morgan fingerprint density at radius 3 is 2.14 bits per heavy atom. The number of nitrogens with zero attached hydrogens (tertiary/aromatic N) is 3. The quantitative estimate of drug-likeness (QED) is 0.408. The topological polar surface area (TPSA) is 29.0 Å². The minimum absolute atomic E-state index is 1.08. The fraction of sp³-hybridized carbons (Fsp3) is 0.250. The SMILES string of the molecule is c1ccc(-c2ccc(-c3csc4ncnc(N5CCCCCC5)c34)cc2)cc1. The van der Waals surface area contributed by atoms with Crippen LogP contribution in [-0.2, 0) is 0 Å². The van der Waals surface area contributed by atoms with E-state index in [1.165, 1.54) is 53.3 Å². The van der Waals surface area contributed by atoms with Crippen molar-refractivity contribution in [3.8, 4) is 22.3 Å². The first kappa shape index (κ1) is 17.4. The van der Waals surface area contributed by atoms with Crippen molar-refractivity contribution < 1.29 is 0 Å². The molecule has 0 aliphatic carbocycles. The normalized spacial score (nSPS) is 14.9. The second-order valence-electron chi connectivity index (χ2n) is 7.37. The van der Waals surface area contributed by atoms with Crippen molar-refractivity contribution >= 4 is 27.4 Å². The van der Waals surface area contributed by atoms with Gasteiger partial charge < -0.3 is 4.90 Å². The van der Waals surface area contributed by atoms with Gasteiger partial charge in [0.05, 0.1) is 5.39 Å². The third-order valence-electron chi connectivity index (χ3n) is 5.56. The van der Waals surface area contributed by atoms with Crippen LogP contribution in [0.25, 0.3) is 32.5 Å². The number of hydrogen-bond acceptors (Lipinski definition) is 4. The van der Waals surface area contributed by atoms with E-state index >= 15 is 0 Å². The molecule has 3 heterocycles. The van der Waals surface area contributed by atoms with E-state index in [0.29, 0.717) is 0 Å². The molecule has 3 nitrogen and oxygen atoms in total. The van der Waals surface area contributed by atoms with Crippen LogP contribution < -0.4 is 4.90 Å². The Balaban J connectivity index is 1.56. The molecule has 140 valence electrons. The first-order valence-electron chi connectivity index (χ1n) is 10.0. The summed E-state index contributed by atoms with van der Waals surface area (Å²) >= 11 is 1.71. The maximum atomic E-state index is 4.72. The van der Waals surface area contributed by atoms with E-state index < -0.39 is 0 Å². The van der Waals surface area contributed by atoms with Gasteiger partial charge in [0, 0.05) is 24.0 Å². The first-order chi connectivity index (χ1) is 13.9. The molecule has 0 amide bonds. The molecule has 0 radical (unpaired) electrons. The highest BCUT2D eigenvalue weighted by Crippen LogP contribution is 2.38. The summed E-state index contributed by atoms with van der Waals surface area (Å²) in [5.74, 6) is 1.11. The van der Waals surface area contributed by atoms with E-state index in [1.807, 2.05) is 0 Å². The molecular formula is C24H23N3S. The summed E-state index contributed by atoms with van der Waals surface area (Å²) in [6.07, 6.45) is 6.86. The first-order valence-corrected chi connectivity index (χ1v) is 10.9. The molecule has 0 saturated carbocycles. The van der Waals surface area contributed by atoms with Crippen LogP contribution in [-0.4, -0.2) is 23.1 Å². The van der Waals surface area contributed by atoms with E-state index in [-0.39, 0.29) is 0 Å². The molecule has 0 spiro atoms. The summed E-state index contributed by atoms with van der Waals surface area (Å²) in [5.41, 5.74) is 4.97. The zero-order valence-corrected chi connectivity index (χ0v) is 16.7. The van der Waals surface area contributed by atoms with Gasteiger partial charge in [0.2, 0.25) is 0 Å². The van der Waals surface area contributed by atoms with Crippen LogP contribution in [0.5, 0.6) is 0 Å². The minimum atomic E-state index is 1.08. The molecule has 2 aromatic heterocycles. The third kappa shape index (κ3) is 3.29. The Bertz CT molecular complexity index is 1060. The van der Waals surface area contributed by atoms with E-state index in [0.717, 1.165) is 23.7 Å². The van der Waals surface area contributed by atoms with Gasteiger partial charge >= 0.3 is 0 Å². The van der Waals surface area contributed by atoms with Gasteiger partial charge in [-0.3, -0.25) is 0 Å². The Kier molecular flexibility index (Phi) is 4.79. The molecule has 28 heavy (non-hydrogen) atoms. The number of hydrogen-bond donors (Lipinski definition) is 0. The molecule has 1 aliphatic rings. The standard InChI is InChI=1S/C24H23N3S/c1-2-7-15-27(14-6-1)23-22-21(16-28-24(22)26-17-25-23)20-12-10-19(11-13-20)18-8-4-3-5-9-18/h3-5,8-13,16-17H,1-2,6-7,14-15H2. The van der Waals surface area contributed by atoms with Crippen molar-refractivity contribution in [2.75, 3.05) is 18.0 Å². The second kappa shape index (κ2) is 7.72. The average molecular weight is 386 g/mol. The highest BCUT2D eigenvalue weighted by Gasteiger charge is 2.19. The van der Waals surface area contributed by atoms with Gasteiger partial charge in [-0.25, -0.2) is 9.97 Å². The van der Waals surface area contributed by atoms with Crippen molar-refractivity contribution in [3.05, 3.63) is 66.3 Å². The van der Waals surface area contributed by atoms with Crippen molar-refractivity contribution in [1.29, 1.82) is 0 Å². The number of aromatic nitrogens is 2. The average Bonchev–Trinajstić information content (AvgIpc) is 3.01. The molecular weight excluding hydrogens is 362 g/mol. The fourth-order valence-electron chi connectivity index (χ4n) is 4.07. The van der Waals surface area contributed by atoms with Gasteiger partial charge in [0.25, 0.3) is 0 Å². The fourth-order valence-corrected chi connectivity index (χ4v) is 4.98. The van der Waals surface area contributed by atoms with Crippen molar-refractivity contribution in [1.82, 2.24) is 9.97 Å². The van der Waals surface area contributed by atoms with Gasteiger partial charge in [-0.2, -0.15) is 0 Å². The Morgan fingerprint density at radius 1 is 0.714 bits per heavy atom. The molecule has 4 aromatic rings. The molecule has 1 saturated heterocycles. The van der Waals surface area contributed by atoms with Crippen molar-refractivity contribution in [3.63, 3.8) is 0 Å². The lowest BCUT2D eigenvalue weighted by Gasteiger charge is -2.22. The maximum absolute atomic E-state index is 4.72. The number of anilines is 1. The zero-order chi connectivity index (χ0) is 18.8. The van der Waals surface area contributed by atoms with E-state index in [2.05, 4.69) is 69.9 Å². The highest BCUT2D eigenvalue weighted by atomic mass is 32.1. The number of thiophene rings is 1. The highest BCUT2D eigenvalue weighted by molar-refractivity contribution is 7.17. The molecule has 4 heteroatoms. The van der Waals surface area contributed by atoms with Gasteiger partial charge in [0.15, 0.2) is 0 Å². The lowest BCUT2D eigenvalue weighted by Crippen LogP contribution is -2.25. The zero-order valence-electron chi connectivity index (χ0n) is 15.8. The van der Waals surface area contributed by atoms with Crippen LogP contribution >= 0.6 is 11.3 Å².